The molecule has 8 aromatic rings. The molecule has 0 amide bonds. The van der Waals surface area contributed by atoms with Gasteiger partial charge in [0.1, 0.15) is 36.2 Å². The van der Waals surface area contributed by atoms with Gasteiger partial charge in [-0.2, -0.15) is 0 Å². The Morgan fingerprint density at radius 1 is 0.586 bits per heavy atom. The number of methoxy groups -OCH3 is 2. The van der Waals surface area contributed by atoms with Crippen LogP contribution < -0.4 is 34.2 Å². The van der Waals surface area contributed by atoms with E-state index < -0.39 is 0 Å². The number of nitrogens with zero attached hydrogens (tertiary/aromatic N) is 3. The summed E-state index contributed by atoms with van der Waals surface area (Å²) in [6.45, 7) is 1.11. The molecule has 12 heteroatoms. The minimum absolute atomic E-state index is 0.134. The van der Waals surface area contributed by atoms with Crippen LogP contribution in [0.4, 0.5) is 0 Å². The zero-order valence-electron chi connectivity index (χ0n) is 33.0. The van der Waals surface area contributed by atoms with Crippen LogP contribution in [0.5, 0.6) is 46.0 Å². The van der Waals surface area contributed by atoms with Crippen molar-refractivity contribution in [1.82, 2.24) is 24.8 Å². The number of rotatable bonds is 13. The number of hydrogen-bond donors (Lipinski definition) is 3. The van der Waals surface area contributed by atoms with Crippen LogP contribution in [0.2, 0.25) is 0 Å². The first-order valence-corrected chi connectivity index (χ1v) is 19.4. The fraction of sp³-hybridized carbons (Fsp3) is 0.261. The van der Waals surface area contributed by atoms with Crippen LogP contribution in [0.25, 0.3) is 43.6 Å². The average molecular weight is 779 g/mol. The molecule has 0 bridgehead atoms. The Kier molecular flexibility index (Phi) is 9.66. The third-order valence-electron chi connectivity index (χ3n) is 11.2. The molecule has 10 rings (SSSR count). The van der Waals surface area contributed by atoms with E-state index in [-0.39, 0.29) is 11.1 Å². The Balaban J connectivity index is 0.000000151. The summed E-state index contributed by atoms with van der Waals surface area (Å²) in [4.78, 5) is 17.6. The first-order chi connectivity index (χ1) is 28.2. The summed E-state index contributed by atoms with van der Waals surface area (Å²) in [6, 6.07) is 27.3. The largest absolute Gasteiger partial charge is 0.493 e. The number of fused-ring (bicyclic) bond motifs is 4. The van der Waals surface area contributed by atoms with E-state index in [2.05, 4.69) is 38.9 Å². The molecule has 4 N–H and O–H groups in total. The first-order valence-electron chi connectivity index (χ1n) is 19.4. The second-order valence-electron chi connectivity index (χ2n) is 15.4. The van der Waals surface area contributed by atoms with Gasteiger partial charge < -0.3 is 49.0 Å². The van der Waals surface area contributed by atoms with E-state index in [0.29, 0.717) is 42.0 Å². The smallest absolute Gasteiger partial charge is 0.163 e. The maximum absolute atomic E-state index is 6.21. The predicted octanol–water partition coefficient (Wildman–Crippen LogP) is 9.38. The van der Waals surface area contributed by atoms with Crippen LogP contribution in [0.1, 0.15) is 25.7 Å². The number of nitrogens with one attached hydrogen (secondary N) is 2. The van der Waals surface area contributed by atoms with Gasteiger partial charge in [0, 0.05) is 69.5 Å². The summed E-state index contributed by atoms with van der Waals surface area (Å²) >= 11 is 0. The molecule has 4 aromatic carbocycles. The molecular weight excluding hydrogens is 733 g/mol. The quantitative estimate of drug-likeness (QED) is 0.104. The number of pyridine rings is 2. The van der Waals surface area contributed by atoms with Gasteiger partial charge in [0.15, 0.2) is 23.0 Å². The highest BCUT2D eigenvalue weighted by molar-refractivity contribution is 5.90. The van der Waals surface area contributed by atoms with Crippen molar-refractivity contribution in [3.63, 3.8) is 0 Å². The number of aromatic amines is 2. The van der Waals surface area contributed by atoms with Gasteiger partial charge >= 0.3 is 0 Å². The molecule has 0 saturated heterocycles. The number of hydrogen-bond acceptors (Lipinski definition) is 10. The molecule has 0 atom stereocenters. The Bertz CT molecular complexity index is 2750. The monoisotopic (exact) mass is 778 g/mol. The highest BCUT2D eigenvalue weighted by atomic mass is 16.5. The Morgan fingerprint density at radius 2 is 1.09 bits per heavy atom. The number of benzene rings is 4. The van der Waals surface area contributed by atoms with Gasteiger partial charge in [-0.05, 0) is 113 Å². The standard InChI is InChI=1S/C24H25N3O3.C22H21N3O3/c1-27(2)24(8-9-24)15-29-23-14-20-18(13-22(23)28-3)21(7-11-26-20)30-17-4-5-19-16(12-17)6-10-25-19;1-26-20-11-16-18(12-21(20)27-13-22(23)6-7-22)25-9-5-19(16)28-15-2-3-17-14(10-15)4-8-24-17/h4-7,10-14,25H,8-9,15H2,1-3H3;2-5,8-12,24H,6-7,13,23H2,1H3. The van der Waals surface area contributed by atoms with E-state index in [9.17, 15) is 0 Å². The Hall–Kier alpha value is -6.50. The van der Waals surface area contributed by atoms with Gasteiger partial charge in [0.25, 0.3) is 0 Å². The molecular formula is C46H46N6O6. The van der Waals surface area contributed by atoms with Crippen LogP contribution >= 0.6 is 0 Å². The fourth-order valence-electron chi connectivity index (χ4n) is 7.03. The van der Waals surface area contributed by atoms with E-state index in [4.69, 9.17) is 34.2 Å². The van der Waals surface area contributed by atoms with Crippen molar-refractivity contribution >= 4 is 43.6 Å². The highest BCUT2D eigenvalue weighted by Gasteiger charge is 2.46. The third-order valence-corrected chi connectivity index (χ3v) is 11.2. The molecule has 0 unspecified atom stereocenters. The highest BCUT2D eigenvalue weighted by Crippen LogP contribution is 2.43. The Morgan fingerprint density at radius 3 is 1.53 bits per heavy atom. The van der Waals surface area contributed by atoms with E-state index in [1.807, 2.05) is 97.3 Å². The van der Waals surface area contributed by atoms with Gasteiger partial charge in [0.05, 0.1) is 36.3 Å². The molecule has 0 spiro atoms. The third kappa shape index (κ3) is 7.63. The van der Waals surface area contributed by atoms with E-state index in [1.54, 1.807) is 26.6 Å². The summed E-state index contributed by atoms with van der Waals surface area (Å²) < 4.78 is 35.6. The van der Waals surface area contributed by atoms with Gasteiger partial charge in [-0.3, -0.25) is 9.97 Å². The van der Waals surface area contributed by atoms with Gasteiger partial charge in [0.2, 0.25) is 0 Å². The number of nitrogens with two attached hydrogens (primary N) is 1. The van der Waals surface area contributed by atoms with Crippen molar-refractivity contribution in [3.8, 4) is 46.0 Å². The average Bonchev–Trinajstić information content (AvgIpc) is 4.07. The zero-order valence-corrected chi connectivity index (χ0v) is 33.0. The first kappa shape index (κ1) is 37.1. The molecule has 2 saturated carbocycles. The molecule has 296 valence electrons. The summed E-state index contributed by atoms with van der Waals surface area (Å²) in [7, 11) is 7.48. The normalized spacial score (nSPS) is 14.9. The number of likely N-dealkylation sites (N-methyl/N-ethyl adjacent to an activating group) is 1. The van der Waals surface area contributed by atoms with Gasteiger partial charge in [-0.25, -0.2) is 0 Å². The van der Waals surface area contributed by atoms with E-state index in [1.165, 1.54) is 0 Å². The Labute approximate surface area is 335 Å². The SMILES string of the molecule is COc1cc2c(Oc3ccc4[nH]ccc4c3)ccnc2cc1OCC1(N(C)C)CC1.COc1cc2c(Oc3ccc4[nH]ccc4c3)ccnc2cc1OCC1(N)CC1. The molecule has 2 fully saturated rings. The molecule has 4 aromatic heterocycles. The van der Waals surface area contributed by atoms with Crippen molar-refractivity contribution in [3.05, 3.63) is 110 Å². The summed E-state index contributed by atoms with van der Waals surface area (Å²) in [5.74, 6) is 5.63. The van der Waals surface area contributed by atoms with E-state index in [0.717, 1.165) is 86.5 Å². The number of ether oxygens (including phenoxy) is 6. The molecule has 12 nitrogen and oxygen atoms in total. The number of aromatic nitrogens is 4. The summed E-state index contributed by atoms with van der Waals surface area (Å²) in [5, 5.41) is 3.94. The molecule has 58 heavy (non-hydrogen) atoms. The molecule has 0 radical (unpaired) electrons. The topological polar surface area (TPSA) is 142 Å². The second-order valence-corrected chi connectivity index (χ2v) is 15.4. The molecule has 2 aliphatic rings. The maximum Gasteiger partial charge on any atom is 0.163 e. The minimum atomic E-state index is -0.199. The fourth-order valence-corrected chi connectivity index (χ4v) is 7.03. The summed E-state index contributed by atoms with van der Waals surface area (Å²) in [6.07, 6.45) is 11.6. The van der Waals surface area contributed by atoms with Crippen molar-refractivity contribution in [1.29, 1.82) is 0 Å². The van der Waals surface area contributed by atoms with Crippen LogP contribution in [-0.4, -0.2) is 77.4 Å². The van der Waals surface area contributed by atoms with Crippen LogP contribution in [0, 0.1) is 0 Å². The van der Waals surface area contributed by atoms with Crippen molar-refractivity contribution in [2.24, 2.45) is 5.73 Å². The maximum atomic E-state index is 6.21. The molecule has 4 heterocycles. The van der Waals surface area contributed by atoms with Crippen LogP contribution in [0.3, 0.4) is 0 Å². The van der Waals surface area contributed by atoms with Crippen molar-refractivity contribution in [2.75, 3.05) is 41.5 Å². The molecule has 0 aliphatic heterocycles. The minimum Gasteiger partial charge on any atom is -0.493 e. The van der Waals surface area contributed by atoms with Crippen molar-refractivity contribution in [2.45, 2.75) is 36.8 Å². The zero-order chi connectivity index (χ0) is 39.9. The van der Waals surface area contributed by atoms with Gasteiger partial charge in [-0.1, -0.05) is 0 Å². The second kappa shape index (κ2) is 15.1. The lowest BCUT2D eigenvalue weighted by molar-refractivity contribution is 0.164. The number of H-pyrrole nitrogens is 2. The van der Waals surface area contributed by atoms with Crippen LogP contribution in [0.15, 0.2) is 110 Å². The predicted molar refractivity (Wildman–Crippen MR) is 226 cm³/mol. The van der Waals surface area contributed by atoms with Gasteiger partial charge in [-0.15, -0.1) is 0 Å². The lowest BCUT2D eigenvalue weighted by Crippen LogP contribution is -2.35. The van der Waals surface area contributed by atoms with Crippen molar-refractivity contribution < 1.29 is 28.4 Å². The molecule has 2 aliphatic carbocycles. The lowest BCUT2D eigenvalue weighted by Gasteiger charge is -2.24. The van der Waals surface area contributed by atoms with E-state index >= 15 is 0 Å². The van der Waals surface area contributed by atoms with Crippen LogP contribution in [-0.2, 0) is 0 Å². The summed E-state index contributed by atoms with van der Waals surface area (Å²) in [5.41, 5.74) is 9.81. The lowest BCUT2D eigenvalue weighted by atomic mass is 10.1.